The number of rotatable bonds is 5. The first-order chi connectivity index (χ1) is 14.1. The molecule has 1 saturated heterocycles. The normalized spacial score (nSPS) is 14.0. The van der Waals surface area contributed by atoms with Crippen molar-refractivity contribution in [1.29, 1.82) is 0 Å². The zero-order valence-electron chi connectivity index (χ0n) is 16.1. The van der Waals surface area contributed by atoms with Gasteiger partial charge in [0, 0.05) is 19.2 Å². The van der Waals surface area contributed by atoms with E-state index in [0.29, 0.717) is 54.5 Å². The Morgan fingerprint density at radius 2 is 1.83 bits per heavy atom. The number of para-hydroxylation sites is 1. The van der Waals surface area contributed by atoms with Crippen molar-refractivity contribution in [1.82, 2.24) is 4.90 Å². The number of nitrogens with zero attached hydrogens (tertiary/aromatic N) is 1. The number of carbonyl (C=O) groups is 1. The van der Waals surface area contributed by atoms with Crippen molar-refractivity contribution in [3.05, 3.63) is 64.5 Å². The molecule has 1 aliphatic heterocycles. The van der Waals surface area contributed by atoms with Crippen LogP contribution in [0.1, 0.15) is 5.76 Å². The SMILES string of the molecule is Cc1oc2cc(OCC(=O)N3CCOCC3)ccc2c(=O)c1Oc1ccccc1. The lowest BCUT2D eigenvalue weighted by molar-refractivity contribution is -0.137. The van der Waals surface area contributed by atoms with Crippen LogP contribution in [0.5, 0.6) is 17.2 Å². The Labute approximate surface area is 167 Å². The molecule has 0 saturated carbocycles. The number of ether oxygens (including phenoxy) is 3. The van der Waals surface area contributed by atoms with E-state index in [0.717, 1.165) is 0 Å². The molecule has 0 N–H and O–H groups in total. The smallest absolute Gasteiger partial charge is 0.260 e. The Morgan fingerprint density at radius 3 is 2.59 bits per heavy atom. The van der Waals surface area contributed by atoms with Gasteiger partial charge >= 0.3 is 0 Å². The molecule has 1 fully saturated rings. The second-order valence-electron chi connectivity index (χ2n) is 6.67. The number of fused-ring (bicyclic) bond motifs is 1. The van der Waals surface area contributed by atoms with Crippen molar-refractivity contribution in [2.45, 2.75) is 6.92 Å². The van der Waals surface area contributed by atoms with Crippen LogP contribution >= 0.6 is 0 Å². The molecule has 7 heteroatoms. The molecule has 3 aromatic rings. The van der Waals surface area contributed by atoms with Crippen molar-refractivity contribution in [3.63, 3.8) is 0 Å². The standard InChI is InChI=1S/C22H21NO6/c1-15-22(29-16-5-3-2-4-6-16)21(25)18-8-7-17(13-19(18)28-15)27-14-20(24)23-9-11-26-12-10-23/h2-8,13H,9-12,14H2,1H3. The van der Waals surface area contributed by atoms with E-state index in [1.807, 2.05) is 18.2 Å². The summed E-state index contributed by atoms with van der Waals surface area (Å²) in [4.78, 5) is 26.8. The minimum absolute atomic E-state index is 0.0794. The Kier molecular flexibility index (Phi) is 5.48. The second-order valence-corrected chi connectivity index (χ2v) is 6.67. The van der Waals surface area contributed by atoms with Gasteiger partial charge < -0.3 is 23.5 Å². The van der Waals surface area contributed by atoms with Crippen LogP contribution in [0.25, 0.3) is 11.0 Å². The first kappa shape index (κ1) is 19.0. The number of hydrogen-bond acceptors (Lipinski definition) is 6. The molecule has 1 aromatic heterocycles. The molecule has 0 atom stereocenters. The van der Waals surface area contributed by atoms with Gasteiger partial charge in [-0.05, 0) is 31.2 Å². The summed E-state index contributed by atoms with van der Waals surface area (Å²) in [6, 6.07) is 13.9. The molecule has 0 unspecified atom stereocenters. The van der Waals surface area contributed by atoms with Gasteiger partial charge in [0.15, 0.2) is 6.61 Å². The Bertz CT molecular complexity index is 1070. The minimum Gasteiger partial charge on any atom is -0.484 e. The summed E-state index contributed by atoms with van der Waals surface area (Å²) < 4.78 is 22.4. The molecule has 7 nitrogen and oxygen atoms in total. The molecular weight excluding hydrogens is 374 g/mol. The van der Waals surface area contributed by atoms with Crippen LogP contribution in [0, 0.1) is 6.92 Å². The van der Waals surface area contributed by atoms with Gasteiger partial charge in [0.1, 0.15) is 22.8 Å². The quantitative estimate of drug-likeness (QED) is 0.661. The maximum Gasteiger partial charge on any atom is 0.260 e. The molecule has 1 amide bonds. The highest BCUT2D eigenvalue weighted by molar-refractivity contribution is 5.80. The summed E-state index contributed by atoms with van der Waals surface area (Å²) in [5.41, 5.74) is 0.118. The van der Waals surface area contributed by atoms with Crippen molar-refractivity contribution < 1.29 is 23.4 Å². The van der Waals surface area contributed by atoms with Crippen molar-refractivity contribution in [3.8, 4) is 17.2 Å². The fourth-order valence-corrected chi connectivity index (χ4v) is 3.13. The first-order valence-electron chi connectivity index (χ1n) is 9.40. The van der Waals surface area contributed by atoms with Crippen LogP contribution in [0.2, 0.25) is 0 Å². The predicted octanol–water partition coefficient (Wildman–Crippen LogP) is 3.13. The van der Waals surface area contributed by atoms with E-state index in [-0.39, 0.29) is 23.7 Å². The molecule has 0 aliphatic carbocycles. The fourth-order valence-electron chi connectivity index (χ4n) is 3.13. The summed E-state index contributed by atoms with van der Waals surface area (Å²) in [5.74, 6) is 1.44. The third-order valence-corrected chi connectivity index (χ3v) is 4.68. The largest absolute Gasteiger partial charge is 0.484 e. The molecule has 150 valence electrons. The van der Waals surface area contributed by atoms with E-state index in [1.54, 1.807) is 42.2 Å². The first-order valence-corrected chi connectivity index (χ1v) is 9.40. The molecule has 4 rings (SSSR count). The van der Waals surface area contributed by atoms with Crippen LogP contribution in [0.4, 0.5) is 0 Å². The van der Waals surface area contributed by atoms with Crippen LogP contribution in [0.15, 0.2) is 57.7 Å². The molecule has 29 heavy (non-hydrogen) atoms. The second kappa shape index (κ2) is 8.36. The van der Waals surface area contributed by atoms with E-state index in [2.05, 4.69) is 0 Å². The Hall–Kier alpha value is -3.32. The summed E-state index contributed by atoms with van der Waals surface area (Å²) >= 11 is 0. The molecular formula is C22H21NO6. The molecule has 0 spiro atoms. The number of hydrogen-bond donors (Lipinski definition) is 0. The Morgan fingerprint density at radius 1 is 1.07 bits per heavy atom. The summed E-state index contributed by atoms with van der Waals surface area (Å²) in [5, 5.41) is 0.383. The average Bonchev–Trinajstić information content (AvgIpc) is 2.76. The lowest BCUT2D eigenvalue weighted by Crippen LogP contribution is -2.42. The molecule has 1 aliphatic rings. The highest BCUT2D eigenvalue weighted by Crippen LogP contribution is 2.27. The van der Waals surface area contributed by atoms with Crippen LogP contribution in [-0.4, -0.2) is 43.7 Å². The van der Waals surface area contributed by atoms with Gasteiger partial charge in [0.05, 0.1) is 18.6 Å². The van der Waals surface area contributed by atoms with Gasteiger partial charge in [0.2, 0.25) is 11.2 Å². The van der Waals surface area contributed by atoms with E-state index >= 15 is 0 Å². The Balaban J connectivity index is 1.53. The van der Waals surface area contributed by atoms with E-state index in [1.165, 1.54) is 0 Å². The van der Waals surface area contributed by atoms with E-state index < -0.39 is 0 Å². The van der Waals surface area contributed by atoms with Crippen LogP contribution in [0.3, 0.4) is 0 Å². The number of benzene rings is 2. The summed E-state index contributed by atoms with van der Waals surface area (Å²) in [7, 11) is 0. The maximum atomic E-state index is 12.8. The van der Waals surface area contributed by atoms with Crippen molar-refractivity contribution in [2.24, 2.45) is 0 Å². The van der Waals surface area contributed by atoms with E-state index in [9.17, 15) is 9.59 Å². The third-order valence-electron chi connectivity index (χ3n) is 4.68. The van der Waals surface area contributed by atoms with Gasteiger partial charge in [-0.2, -0.15) is 0 Å². The topological polar surface area (TPSA) is 78.2 Å². The minimum atomic E-state index is -0.261. The van der Waals surface area contributed by atoms with Crippen molar-refractivity contribution in [2.75, 3.05) is 32.9 Å². The number of aryl methyl sites for hydroxylation is 1. The molecule has 0 bridgehead atoms. The summed E-state index contributed by atoms with van der Waals surface area (Å²) in [6.07, 6.45) is 0. The lowest BCUT2D eigenvalue weighted by atomic mass is 10.2. The lowest BCUT2D eigenvalue weighted by Gasteiger charge is -2.26. The third kappa shape index (κ3) is 4.25. The zero-order chi connectivity index (χ0) is 20.2. The van der Waals surface area contributed by atoms with Gasteiger partial charge in [-0.25, -0.2) is 0 Å². The highest BCUT2D eigenvalue weighted by Gasteiger charge is 2.18. The molecule has 0 radical (unpaired) electrons. The number of morpholine rings is 1. The van der Waals surface area contributed by atoms with Gasteiger partial charge in [-0.1, -0.05) is 18.2 Å². The fraction of sp³-hybridized carbons (Fsp3) is 0.273. The van der Waals surface area contributed by atoms with Crippen LogP contribution in [-0.2, 0) is 9.53 Å². The van der Waals surface area contributed by atoms with Gasteiger partial charge in [-0.3, -0.25) is 9.59 Å². The molecule has 2 heterocycles. The predicted molar refractivity (Wildman–Crippen MR) is 107 cm³/mol. The summed E-state index contributed by atoms with van der Waals surface area (Å²) in [6.45, 7) is 3.81. The van der Waals surface area contributed by atoms with Crippen LogP contribution < -0.4 is 14.9 Å². The monoisotopic (exact) mass is 395 g/mol. The van der Waals surface area contributed by atoms with Crippen molar-refractivity contribution >= 4 is 16.9 Å². The van der Waals surface area contributed by atoms with Gasteiger partial charge in [0.25, 0.3) is 5.91 Å². The molecule has 2 aromatic carbocycles. The number of amides is 1. The van der Waals surface area contributed by atoms with Gasteiger partial charge in [-0.15, -0.1) is 0 Å². The highest BCUT2D eigenvalue weighted by atomic mass is 16.5. The average molecular weight is 395 g/mol. The maximum absolute atomic E-state index is 12.8. The zero-order valence-corrected chi connectivity index (χ0v) is 16.1. The van der Waals surface area contributed by atoms with E-state index in [4.69, 9.17) is 18.6 Å². The number of carbonyl (C=O) groups excluding carboxylic acids is 1.